The molecule has 0 fully saturated rings. The lowest BCUT2D eigenvalue weighted by atomic mass is 9.96. The van der Waals surface area contributed by atoms with Gasteiger partial charge in [0.2, 0.25) is 0 Å². The zero-order valence-corrected chi connectivity index (χ0v) is 13.5. The van der Waals surface area contributed by atoms with Crippen LogP contribution in [-0.2, 0) is 12.8 Å². The summed E-state index contributed by atoms with van der Waals surface area (Å²) in [5.74, 6) is 0. The summed E-state index contributed by atoms with van der Waals surface area (Å²) in [5, 5.41) is 0. The molecule has 0 radical (unpaired) electrons. The summed E-state index contributed by atoms with van der Waals surface area (Å²) >= 11 is 0. The second-order valence-corrected chi connectivity index (χ2v) is 6.01. The highest BCUT2D eigenvalue weighted by molar-refractivity contribution is 5.42. The van der Waals surface area contributed by atoms with Crippen LogP contribution in [0.25, 0.3) is 0 Å². The van der Waals surface area contributed by atoms with Crippen LogP contribution in [0.2, 0.25) is 0 Å². The molecule has 2 aromatic rings. The third-order valence-electron chi connectivity index (χ3n) is 4.75. The largest absolute Gasteiger partial charge is 0.0620 e. The molecule has 20 heavy (non-hydrogen) atoms. The van der Waals surface area contributed by atoms with Crippen molar-refractivity contribution < 1.29 is 0 Å². The standard InChI is InChI=1S/C11H16.C9H10/c1-7-6-8(2)10(4)11(5)9(7)3;1-2-5-9-7-3-6-8(9)4-1/h6H,1-5H3;1-2,4-5H,3,6-7H2. The molecule has 0 amide bonds. The number of hydrogen-bond acceptors (Lipinski definition) is 0. The molecule has 2 aromatic carbocycles. The van der Waals surface area contributed by atoms with Crippen LogP contribution in [0.1, 0.15) is 45.4 Å². The van der Waals surface area contributed by atoms with E-state index in [4.69, 9.17) is 0 Å². The average Bonchev–Trinajstić information content (AvgIpc) is 2.92. The molecule has 106 valence electrons. The van der Waals surface area contributed by atoms with Crippen LogP contribution in [0.15, 0.2) is 30.3 Å². The number of hydrogen-bond donors (Lipinski definition) is 0. The second kappa shape index (κ2) is 6.26. The van der Waals surface area contributed by atoms with E-state index >= 15 is 0 Å². The SMILES string of the molecule is Cc1cc(C)c(C)c(C)c1C.c1ccc2c(c1)CCC2. The molecule has 0 N–H and O–H groups in total. The Morgan fingerprint density at radius 3 is 1.55 bits per heavy atom. The van der Waals surface area contributed by atoms with E-state index in [0.29, 0.717) is 0 Å². The van der Waals surface area contributed by atoms with Gasteiger partial charge in [0.15, 0.2) is 0 Å². The Bertz CT molecular complexity index is 556. The normalized spacial score (nSPS) is 12.7. The summed E-state index contributed by atoms with van der Waals surface area (Å²) in [6.07, 6.45) is 3.96. The molecule has 0 atom stereocenters. The first-order valence-electron chi connectivity index (χ1n) is 7.61. The maximum atomic E-state index is 2.26. The molecule has 1 aliphatic rings. The number of benzene rings is 2. The van der Waals surface area contributed by atoms with Gasteiger partial charge in [-0.3, -0.25) is 0 Å². The highest BCUT2D eigenvalue weighted by Gasteiger charge is 2.07. The van der Waals surface area contributed by atoms with Gasteiger partial charge in [-0.1, -0.05) is 30.3 Å². The fraction of sp³-hybridized carbons (Fsp3) is 0.400. The first-order chi connectivity index (χ1) is 9.50. The third kappa shape index (κ3) is 3.12. The molecule has 0 saturated carbocycles. The topological polar surface area (TPSA) is 0 Å². The Balaban J connectivity index is 0.000000149. The van der Waals surface area contributed by atoms with Gasteiger partial charge in [0.1, 0.15) is 0 Å². The second-order valence-electron chi connectivity index (χ2n) is 6.01. The fourth-order valence-electron chi connectivity index (χ4n) is 2.93. The van der Waals surface area contributed by atoms with Crippen LogP contribution in [0.4, 0.5) is 0 Å². The quantitative estimate of drug-likeness (QED) is 0.598. The first kappa shape index (κ1) is 14.8. The third-order valence-corrected chi connectivity index (χ3v) is 4.75. The zero-order chi connectivity index (χ0) is 14.7. The summed E-state index contributed by atoms with van der Waals surface area (Å²) in [5.41, 5.74) is 10.3. The van der Waals surface area contributed by atoms with E-state index < -0.39 is 0 Å². The zero-order valence-electron chi connectivity index (χ0n) is 13.5. The van der Waals surface area contributed by atoms with Gasteiger partial charge < -0.3 is 0 Å². The molecule has 0 unspecified atom stereocenters. The molecule has 0 heterocycles. The van der Waals surface area contributed by atoms with Crippen molar-refractivity contribution in [3.63, 3.8) is 0 Å². The molecular weight excluding hydrogens is 240 g/mol. The molecular formula is C20H26. The molecule has 0 bridgehead atoms. The first-order valence-corrected chi connectivity index (χ1v) is 7.61. The van der Waals surface area contributed by atoms with Gasteiger partial charge >= 0.3 is 0 Å². The van der Waals surface area contributed by atoms with Crippen molar-refractivity contribution in [1.29, 1.82) is 0 Å². The van der Waals surface area contributed by atoms with Crippen molar-refractivity contribution in [2.24, 2.45) is 0 Å². The molecule has 1 aliphatic carbocycles. The predicted octanol–water partition coefficient (Wildman–Crippen LogP) is 5.40. The van der Waals surface area contributed by atoms with Crippen molar-refractivity contribution in [3.8, 4) is 0 Å². The monoisotopic (exact) mass is 266 g/mol. The van der Waals surface area contributed by atoms with Crippen LogP contribution >= 0.6 is 0 Å². The Morgan fingerprint density at radius 2 is 1.10 bits per heavy atom. The van der Waals surface area contributed by atoms with Gasteiger partial charge in [-0.2, -0.15) is 0 Å². The van der Waals surface area contributed by atoms with Crippen molar-refractivity contribution in [3.05, 3.63) is 69.3 Å². The van der Waals surface area contributed by atoms with Crippen LogP contribution in [0.5, 0.6) is 0 Å². The number of rotatable bonds is 0. The Hall–Kier alpha value is -1.56. The minimum Gasteiger partial charge on any atom is -0.0620 e. The van der Waals surface area contributed by atoms with Crippen molar-refractivity contribution in [2.45, 2.75) is 53.9 Å². The van der Waals surface area contributed by atoms with E-state index in [9.17, 15) is 0 Å². The van der Waals surface area contributed by atoms with Gasteiger partial charge in [-0.25, -0.2) is 0 Å². The molecule has 0 saturated heterocycles. The van der Waals surface area contributed by atoms with E-state index in [1.165, 1.54) is 47.1 Å². The Labute approximate surface area is 123 Å². The van der Waals surface area contributed by atoms with Gasteiger partial charge in [0.25, 0.3) is 0 Å². The average molecular weight is 266 g/mol. The maximum absolute atomic E-state index is 2.26. The van der Waals surface area contributed by atoms with Gasteiger partial charge in [-0.05, 0) is 92.8 Å². The minimum atomic E-state index is 1.30. The van der Waals surface area contributed by atoms with Gasteiger partial charge in [0.05, 0.1) is 0 Å². The Kier molecular flexibility index (Phi) is 4.65. The molecule has 3 rings (SSSR count). The molecule has 0 nitrogen and oxygen atoms in total. The lowest BCUT2D eigenvalue weighted by molar-refractivity contribution is 0.912. The molecule has 0 aliphatic heterocycles. The van der Waals surface area contributed by atoms with Gasteiger partial charge in [-0.15, -0.1) is 0 Å². The maximum Gasteiger partial charge on any atom is -0.0273 e. The van der Waals surface area contributed by atoms with Crippen molar-refractivity contribution in [2.75, 3.05) is 0 Å². The molecule has 0 aromatic heterocycles. The van der Waals surface area contributed by atoms with Crippen molar-refractivity contribution >= 4 is 0 Å². The lowest BCUT2D eigenvalue weighted by Crippen LogP contribution is -1.93. The van der Waals surface area contributed by atoms with Crippen LogP contribution < -0.4 is 0 Å². The highest BCUT2D eigenvalue weighted by Crippen LogP contribution is 2.20. The number of fused-ring (bicyclic) bond motifs is 1. The van der Waals surface area contributed by atoms with E-state index in [0.717, 1.165) is 0 Å². The molecule has 0 spiro atoms. The highest BCUT2D eigenvalue weighted by atomic mass is 14.1. The van der Waals surface area contributed by atoms with Crippen LogP contribution in [0, 0.1) is 34.6 Å². The van der Waals surface area contributed by atoms with E-state index in [1.54, 1.807) is 11.1 Å². The smallest absolute Gasteiger partial charge is 0.0273 e. The van der Waals surface area contributed by atoms with E-state index in [-0.39, 0.29) is 0 Å². The Morgan fingerprint density at radius 1 is 0.650 bits per heavy atom. The number of aryl methyl sites for hydroxylation is 4. The van der Waals surface area contributed by atoms with E-state index in [2.05, 4.69) is 65.0 Å². The summed E-state index contributed by atoms with van der Waals surface area (Å²) < 4.78 is 0. The summed E-state index contributed by atoms with van der Waals surface area (Å²) in [6.45, 7) is 10.9. The summed E-state index contributed by atoms with van der Waals surface area (Å²) in [4.78, 5) is 0. The lowest BCUT2D eigenvalue weighted by Gasteiger charge is -2.10. The molecule has 0 heteroatoms. The van der Waals surface area contributed by atoms with Crippen molar-refractivity contribution in [1.82, 2.24) is 0 Å². The summed E-state index contributed by atoms with van der Waals surface area (Å²) in [7, 11) is 0. The van der Waals surface area contributed by atoms with Gasteiger partial charge in [0, 0.05) is 0 Å². The predicted molar refractivity (Wildman–Crippen MR) is 88.6 cm³/mol. The van der Waals surface area contributed by atoms with Crippen LogP contribution in [-0.4, -0.2) is 0 Å². The minimum absolute atomic E-state index is 1.30. The van der Waals surface area contributed by atoms with E-state index in [1.807, 2.05) is 0 Å². The fourth-order valence-corrected chi connectivity index (χ4v) is 2.93. The summed E-state index contributed by atoms with van der Waals surface area (Å²) in [6, 6.07) is 11.0. The van der Waals surface area contributed by atoms with Crippen LogP contribution in [0.3, 0.4) is 0 Å².